The molecule has 0 N–H and O–H groups in total. The molecule has 2 aromatic heterocycles. The summed E-state index contributed by atoms with van der Waals surface area (Å²) in [6.45, 7) is 0. The van der Waals surface area contributed by atoms with Crippen molar-refractivity contribution >= 4 is 0 Å². The standard InChI is InChI=1S/2C10H6F2N.2C5H5.Ti/c2*11-8-3-4-10(9(12)7-8)13-5-1-2-6-13;2*1-2-4-5-3-1;/h2*1-6H;2*1-5H;/q2*-1;;;+2. The molecule has 7 heteroatoms. The zero-order valence-electron chi connectivity index (χ0n) is 19.6. The fraction of sp³-hybridized carbons (Fsp3) is 0. The van der Waals surface area contributed by atoms with Crippen LogP contribution in [0.1, 0.15) is 0 Å². The van der Waals surface area contributed by atoms with Crippen molar-refractivity contribution in [2.24, 2.45) is 0 Å². The van der Waals surface area contributed by atoms with Crippen molar-refractivity contribution in [1.82, 2.24) is 9.13 Å². The second kappa shape index (κ2) is 17.0. The summed E-state index contributed by atoms with van der Waals surface area (Å²) >= 11 is 0. The van der Waals surface area contributed by atoms with Crippen LogP contribution < -0.4 is 0 Å². The Balaban J connectivity index is 0.000000187. The molecule has 2 aromatic carbocycles. The molecule has 0 saturated heterocycles. The topological polar surface area (TPSA) is 9.86 Å². The summed E-state index contributed by atoms with van der Waals surface area (Å²) in [5.41, 5.74) is 0.595. The summed E-state index contributed by atoms with van der Waals surface area (Å²) in [6, 6.07) is 16.1. The third kappa shape index (κ3) is 10.8. The normalized spacial score (nSPS) is 13.7. The molecule has 10 radical (unpaired) electrons. The van der Waals surface area contributed by atoms with Gasteiger partial charge in [-0.3, -0.25) is 0 Å². The van der Waals surface area contributed by atoms with Crippen LogP contribution in [0.2, 0.25) is 0 Å². The number of hydrogen-bond donors (Lipinski definition) is 0. The maximum Gasteiger partial charge on any atom is 2.00 e. The van der Waals surface area contributed by atoms with Crippen LogP contribution in [0.15, 0.2) is 73.3 Å². The van der Waals surface area contributed by atoms with Gasteiger partial charge in [0.1, 0.15) is 0 Å². The van der Waals surface area contributed by atoms with Crippen molar-refractivity contribution < 1.29 is 39.3 Å². The van der Waals surface area contributed by atoms with Gasteiger partial charge in [-0.1, -0.05) is 0 Å². The SMILES string of the molecule is Fc1[c-]c(F)c(-n2cccc2)cc1.Fc1[c-]c(F)c(-n2cccc2)cc1.[CH]1[CH][CH][CH][CH]1.[CH]1[CH][CH][CH][CH]1.[Ti+2]. The molecule has 0 aliphatic heterocycles. The van der Waals surface area contributed by atoms with E-state index in [1.54, 1.807) is 58.2 Å². The molecule has 2 aliphatic carbocycles. The molecule has 6 rings (SSSR count). The maximum atomic E-state index is 13.1. The Bertz CT molecular complexity index is 1030. The van der Waals surface area contributed by atoms with E-state index >= 15 is 0 Å². The zero-order valence-corrected chi connectivity index (χ0v) is 21.2. The van der Waals surface area contributed by atoms with E-state index in [0.29, 0.717) is 11.4 Å². The van der Waals surface area contributed by atoms with E-state index in [9.17, 15) is 17.6 Å². The summed E-state index contributed by atoms with van der Waals surface area (Å²) in [7, 11) is 0. The summed E-state index contributed by atoms with van der Waals surface area (Å²) < 4.78 is 54.3. The number of aromatic nitrogens is 2. The molecular formula is C30H22F4N2Ti. The first-order chi connectivity index (χ1) is 17.5. The van der Waals surface area contributed by atoms with Crippen LogP contribution in [-0.4, -0.2) is 9.13 Å². The van der Waals surface area contributed by atoms with Gasteiger partial charge in [0.05, 0.1) is 0 Å². The van der Waals surface area contributed by atoms with Crippen molar-refractivity contribution in [2.45, 2.75) is 0 Å². The second-order valence-electron chi connectivity index (χ2n) is 7.12. The molecule has 0 bridgehead atoms. The van der Waals surface area contributed by atoms with Crippen LogP contribution in [0.4, 0.5) is 17.6 Å². The van der Waals surface area contributed by atoms with Gasteiger partial charge in [0.25, 0.3) is 0 Å². The molecule has 37 heavy (non-hydrogen) atoms. The Hall–Kier alpha value is -2.57. The van der Waals surface area contributed by atoms with Crippen LogP contribution in [0.5, 0.6) is 0 Å². The van der Waals surface area contributed by atoms with Crippen LogP contribution >= 0.6 is 0 Å². The average Bonchev–Trinajstić information content (AvgIpc) is 3.69. The van der Waals surface area contributed by atoms with Crippen LogP contribution in [0.3, 0.4) is 0 Å². The van der Waals surface area contributed by atoms with E-state index in [1.807, 2.05) is 76.3 Å². The molecule has 2 aliphatic rings. The van der Waals surface area contributed by atoms with Crippen molar-refractivity contribution in [3.05, 3.63) is 173 Å². The summed E-state index contributed by atoms with van der Waals surface area (Å²) in [5.74, 6) is -2.74. The van der Waals surface area contributed by atoms with Gasteiger partial charge < -0.3 is 9.13 Å². The summed E-state index contributed by atoms with van der Waals surface area (Å²) in [4.78, 5) is 0. The number of halogens is 4. The van der Waals surface area contributed by atoms with E-state index < -0.39 is 23.3 Å². The quantitative estimate of drug-likeness (QED) is 0.147. The zero-order chi connectivity index (χ0) is 25.6. The Morgan fingerprint density at radius 3 is 0.946 bits per heavy atom. The fourth-order valence-corrected chi connectivity index (χ4v) is 2.90. The van der Waals surface area contributed by atoms with Gasteiger partial charge in [0, 0.05) is 23.3 Å². The molecule has 0 unspecified atom stereocenters. The fourth-order valence-electron chi connectivity index (χ4n) is 2.90. The molecule has 184 valence electrons. The molecular weight excluding hydrogens is 512 g/mol. The van der Waals surface area contributed by atoms with Crippen LogP contribution in [-0.2, 0) is 21.7 Å². The summed E-state index contributed by atoms with van der Waals surface area (Å²) in [6.07, 6.45) is 26.7. The van der Waals surface area contributed by atoms with E-state index in [1.165, 1.54) is 24.3 Å². The minimum Gasteiger partial charge on any atom is -0.375 e. The molecule has 0 atom stereocenters. The van der Waals surface area contributed by atoms with Gasteiger partial charge in [0.2, 0.25) is 0 Å². The molecule has 2 saturated carbocycles. The van der Waals surface area contributed by atoms with Crippen molar-refractivity contribution in [3.8, 4) is 11.4 Å². The Morgan fingerprint density at radius 1 is 0.432 bits per heavy atom. The maximum absolute atomic E-state index is 13.1. The van der Waals surface area contributed by atoms with Crippen LogP contribution in [0.25, 0.3) is 11.4 Å². The van der Waals surface area contributed by atoms with Gasteiger partial charge in [-0.05, 0) is 125 Å². The number of nitrogens with zero attached hydrogens (tertiary/aromatic N) is 2. The molecule has 0 amide bonds. The minimum absolute atomic E-state index is 0. The smallest absolute Gasteiger partial charge is 0.375 e. The second-order valence-corrected chi connectivity index (χ2v) is 7.12. The van der Waals surface area contributed by atoms with Crippen molar-refractivity contribution in [1.29, 1.82) is 0 Å². The first-order valence-corrected chi connectivity index (χ1v) is 10.9. The van der Waals surface area contributed by atoms with Crippen LogP contribution in [0, 0.1) is 99.6 Å². The van der Waals surface area contributed by atoms with E-state index in [0.717, 1.165) is 0 Å². The molecule has 2 fully saturated rings. The average molecular weight is 534 g/mol. The largest absolute Gasteiger partial charge is 2.00 e. The van der Waals surface area contributed by atoms with Crippen molar-refractivity contribution in [2.75, 3.05) is 0 Å². The first kappa shape index (κ1) is 30.7. The number of rotatable bonds is 2. The van der Waals surface area contributed by atoms with Gasteiger partial charge in [-0.15, -0.1) is 36.4 Å². The van der Waals surface area contributed by atoms with E-state index in [-0.39, 0.29) is 21.7 Å². The van der Waals surface area contributed by atoms with Gasteiger partial charge >= 0.3 is 21.7 Å². The van der Waals surface area contributed by atoms with Crippen molar-refractivity contribution in [3.63, 3.8) is 0 Å². The predicted molar refractivity (Wildman–Crippen MR) is 132 cm³/mol. The van der Waals surface area contributed by atoms with Gasteiger partial charge in [0.15, 0.2) is 0 Å². The minimum atomic E-state index is -0.687. The Morgan fingerprint density at radius 2 is 0.703 bits per heavy atom. The third-order valence-corrected chi connectivity index (χ3v) is 4.56. The molecule has 2 heterocycles. The molecule has 0 spiro atoms. The predicted octanol–water partition coefficient (Wildman–Crippen LogP) is 7.15. The molecule has 2 nitrogen and oxygen atoms in total. The Kier molecular flexibility index (Phi) is 14.1. The van der Waals surface area contributed by atoms with E-state index in [2.05, 4.69) is 0 Å². The van der Waals surface area contributed by atoms with E-state index in [4.69, 9.17) is 0 Å². The number of benzene rings is 2. The van der Waals surface area contributed by atoms with Gasteiger partial charge in [-0.2, -0.15) is 0 Å². The number of hydrogen-bond acceptors (Lipinski definition) is 0. The Labute approximate surface area is 232 Å². The first-order valence-electron chi connectivity index (χ1n) is 10.9. The molecule has 4 aromatic rings. The summed E-state index contributed by atoms with van der Waals surface area (Å²) in [5, 5.41) is 0. The van der Waals surface area contributed by atoms with Gasteiger partial charge in [-0.25, -0.2) is 17.6 Å². The third-order valence-electron chi connectivity index (χ3n) is 4.56. The monoisotopic (exact) mass is 534 g/mol.